The van der Waals surface area contributed by atoms with Gasteiger partial charge in [-0.15, -0.1) is 0 Å². The van der Waals surface area contributed by atoms with E-state index in [-0.39, 0.29) is 0 Å². The first-order valence-corrected chi connectivity index (χ1v) is 5.62. The van der Waals surface area contributed by atoms with Crippen molar-refractivity contribution in [3.8, 4) is 0 Å². The summed E-state index contributed by atoms with van der Waals surface area (Å²) in [7, 11) is -4.43. The highest BCUT2D eigenvalue weighted by Gasteiger charge is 2.39. The van der Waals surface area contributed by atoms with Crippen LogP contribution in [0.1, 0.15) is 0 Å². The van der Waals surface area contributed by atoms with Gasteiger partial charge in [-0.25, -0.2) is 0 Å². The van der Waals surface area contributed by atoms with Crippen LogP contribution in [0.3, 0.4) is 0 Å². The van der Waals surface area contributed by atoms with E-state index in [2.05, 4.69) is 0 Å². The smallest absolute Gasteiger partial charge is 0.394 e. The highest BCUT2D eigenvalue weighted by molar-refractivity contribution is 7.59. The first-order valence-electron chi connectivity index (χ1n) is 3.79. The van der Waals surface area contributed by atoms with Crippen molar-refractivity contribution >= 4 is 19.5 Å². The fourth-order valence-corrected chi connectivity index (χ4v) is 1.25. The van der Waals surface area contributed by atoms with Gasteiger partial charge in [0, 0.05) is 0 Å². The summed E-state index contributed by atoms with van der Waals surface area (Å²) in [6.07, 6.45) is -5.19. The largest absolute Gasteiger partial charge is 0.411 e. The van der Waals surface area contributed by atoms with Crippen molar-refractivity contribution in [3.63, 3.8) is 0 Å². The summed E-state index contributed by atoms with van der Waals surface area (Å²) in [6, 6.07) is 0. The fourth-order valence-electron chi connectivity index (χ4n) is 0.710. The van der Waals surface area contributed by atoms with Crippen molar-refractivity contribution in [2.45, 2.75) is 12.2 Å². The highest BCUT2D eigenvalue weighted by atomic mass is 31.2. The van der Waals surface area contributed by atoms with Crippen LogP contribution in [0.2, 0.25) is 0 Å². The van der Waals surface area contributed by atoms with Gasteiger partial charge in [0.1, 0.15) is 12.2 Å². The molecule has 0 rings (SSSR count). The molecule has 0 radical (unpaired) electrons. The SMILES string of the molecule is O=C(C[P+](O)(O)O)C(=O)[C@H](O)[C@@H](O)CO. The third-order valence-electron chi connectivity index (χ3n) is 1.45. The van der Waals surface area contributed by atoms with Gasteiger partial charge >= 0.3 is 7.94 Å². The number of hydrogen-bond acceptors (Lipinski definition) is 8. The molecule has 0 aliphatic heterocycles. The zero-order valence-electron chi connectivity index (χ0n) is 7.52. The molecule has 88 valence electrons. The van der Waals surface area contributed by atoms with E-state index in [1.54, 1.807) is 0 Å². The molecule has 0 unspecified atom stereocenters. The van der Waals surface area contributed by atoms with Crippen LogP contribution in [0, 0.1) is 0 Å². The molecule has 0 spiro atoms. The number of Topliss-reactive ketones (excluding diaryl/α,β-unsaturated/α-hetero) is 2. The third kappa shape index (κ3) is 5.24. The summed E-state index contributed by atoms with van der Waals surface area (Å²) in [5, 5.41) is 26.1. The zero-order chi connectivity index (χ0) is 12.2. The molecule has 15 heavy (non-hydrogen) atoms. The molecule has 2 atom stereocenters. The maximum atomic E-state index is 10.9. The second-order valence-electron chi connectivity index (χ2n) is 2.83. The van der Waals surface area contributed by atoms with E-state index in [1.807, 2.05) is 0 Å². The van der Waals surface area contributed by atoms with E-state index in [9.17, 15) is 9.59 Å². The Morgan fingerprint density at radius 2 is 1.60 bits per heavy atom. The van der Waals surface area contributed by atoms with Gasteiger partial charge in [-0.05, 0) is 0 Å². The van der Waals surface area contributed by atoms with E-state index in [0.717, 1.165) is 0 Å². The molecule has 0 fully saturated rings. The minimum Gasteiger partial charge on any atom is -0.394 e. The van der Waals surface area contributed by atoms with Crippen LogP contribution in [-0.4, -0.2) is 66.5 Å². The molecule has 0 aromatic rings. The Bertz CT molecular complexity index is 246. The zero-order valence-corrected chi connectivity index (χ0v) is 8.41. The molecule has 0 aliphatic rings. The predicted octanol–water partition coefficient (Wildman–Crippen LogP) is -3.42. The van der Waals surface area contributed by atoms with Gasteiger partial charge in [0.15, 0.2) is 0 Å². The molecule has 0 saturated carbocycles. The van der Waals surface area contributed by atoms with Gasteiger partial charge < -0.3 is 15.3 Å². The standard InChI is InChI=1S/C6H12O8P/c7-1-3(8)5(10)6(11)4(9)2-15(12,13)14/h3,5,7-8,10,12-14H,1-2H2/q+1/t3-,5+/m0/s1. The van der Waals surface area contributed by atoms with Crippen LogP contribution in [0.25, 0.3) is 0 Å². The van der Waals surface area contributed by atoms with Gasteiger partial charge in [0.2, 0.25) is 17.7 Å². The number of carbonyl (C=O) groups excluding carboxylic acids is 2. The van der Waals surface area contributed by atoms with Crippen LogP contribution in [0.15, 0.2) is 0 Å². The quantitative estimate of drug-likeness (QED) is 0.208. The maximum absolute atomic E-state index is 10.9. The Morgan fingerprint density at radius 1 is 1.13 bits per heavy atom. The van der Waals surface area contributed by atoms with Gasteiger partial charge in [0.05, 0.1) is 6.61 Å². The lowest BCUT2D eigenvalue weighted by molar-refractivity contribution is -0.145. The molecule has 0 amide bonds. The molecule has 9 heteroatoms. The van der Waals surface area contributed by atoms with Crippen LogP contribution in [0.5, 0.6) is 0 Å². The maximum Gasteiger partial charge on any atom is 0.411 e. The number of aliphatic hydroxyl groups is 3. The molecule has 0 aliphatic carbocycles. The van der Waals surface area contributed by atoms with Gasteiger partial charge in [-0.2, -0.15) is 14.7 Å². The van der Waals surface area contributed by atoms with Crippen molar-refractivity contribution in [2.24, 2.45) is 0 Å². The average Bonchev–Trinajstić information content (AvgIpc) is 2.11. The number of rotatable bonds is 6. The number of ketones is 2. The van der Waals surface area contributed by atoms with Gasteiger partial charge in [-0.3, -0.25) is 9.59 Å². The molecule has 6 N–H and O–H groups in total. The van der Waals surface area contributed by atoms with E-state index in [4.69, 9.17) is 30.0 Å². The van der Waals surface area contributed by atoms with Crippen LogP contribution >= 0.6 is 7.94 Å². The lowest BCUT2D eigenvalue weighted by Gasteiger charge is -2.13. The van der Waals surface area contributed by atoms with E-state index in [0.29, 0.717) is 0 Å². The van der Waals surface area contributed by atoms with E-state index in [1.165, 1.54) is 0 Å². The van der Waals surface area contributed by atoms with E-state index >= 15 is 0 Å². The van der Waals surface area contributed by atoms with Crippen LogP contribution in [-0.2, 0) is 9.59 Å². The average molecular weight is 243 g/mol. The molecule has 0 saturated heterocycles. The Kier molecular flexibility index (Phi) is 5.39. The predicted molar refractivity (Wildman–Crippen MR) is 47.6 cm³/mol. The minimum absolute atomic E-state index is 0.933. The molecule has 0 aromatic carbocycles. The lowest BCUT2D eigenvalue weighted by atomic mass is 10.1. The summed E-state index contributed by atoms with van der Waals surface area (Å²) in [6.45, 7) is -0.933. The fraction of sp³-hybridized carbons (Fsp3) is 0.667. The normalized spacial score (nSPS) is 15.9. The molecule has 0 bridgehead atoms. The van der Waals surface area contributed by atoms with Crippen LogP contribution in [0.4, 0.5) is 0 Å². The van der Waals surface area contributed by atoms with Crippen molar-refractivity contribution in [1.82, 2.24) is 0 Å². The first kappa shape index (κ1) is 14.5. The number of carbonyl (C=O) groups is 2. The topological polar surface area (TPSA) is 156 Å². The second-order valence-corrected chi connectivity index (χ2v) is 4.53. The molecule has 0 aromatic heterocycles. The lowest BCUT2D eigenvalue weighted by Crippen LogP contribution is -2.41. The van der Waals surface area contributed by atoms with Crippen LogP contribution < -0.4 is 0 Å². The van der Waals surface area contributed by atoms with Crippen molar-refractivity contribution in [2.75, 3.05) is 12.8 Å². The second kappa shape index (κ2) is 5.57. The van der Waals surface area contributed by atoms with Crippen molar-refractivity contribution in [1.29, 1.82) is 0 Å². The summed E-state index contributed by atoms with van der Waals surface area (Å²) in [4.78, 5) is 47.2. The number of aliphatic hydroxyl groups excluding tert-OH is 3. The Labute approximate surface area is 85.0 Å². The first-order chi connectivity index (χ1) is 6.69. The highest BCUT2D eigenvalue weighted by Crippen LogP contribution is 2.43. The Hall–Kier alpha value is -0.470. The van der Waals surface area contributed by atoms with E-state index < -0.39 is 44.5 Å². The Balaban J connectivity index is 4.39. The molecular formula is C6H12O8P+. The third-order valence-corrected chi connectivity index (χ3v) is 2.16. The van der Waals surface area contributed by atoms with Crippen molar-refractivity contribution < 1.29 is 39.6 Å². The van der Waals surface area contributed by atoms with Gasteiger partial charge in [-0.1, -0.05) is 0 Å². The Morgan fingerprint density at radius 3 is 1.93 bits per heavy atom. The van der Waals surface area contributed by atoms with Gasteiger partial charge in [0.25, 0.3) is 0 Å². The summed E-state index contributed by atoms with van der Waals surface area (Å²) in [5.41, 5.74) is 0. The molecule has 8 nitrogen and oxygen atoms in total. The summed E-state index contributed by atoms with van der Waals surface area (Å²) >= 11 is 0. The summed E-state index contributed by atoms with van der Waals surface area (Å²) in [5.74, 6) is -2.94. The number of hydrogen-bond donors (Lipinski definition) is 6. The molecular weight excluding hydrogens is 231 g/mol. The summed E-state index contributed by atoms with van der Waals surface area (Å²) < 4.78 is 0. The minimum atomic E-state index is -4.43. The van der Waals surface area contributed by atoms with Crippen molar-refractivity contribution in [3.05, 3.63) is 0 Å². The monoisotopic (exact) mass is 243 g/mol. The molecule has 0 heterocycles.